The van der Waals surface area contributed by atoms with Crippen LogP contribution in [-0.4, -0.2) is 30.2 Å². The number of amides is 3. The van der Waals surface area contributed by atoms with Gasteiger partial charge in [0.1, 0.15) is 5.75 Å². The predicted molar refractivity (Wildman–Crippen MR) is 119 cm³/mol. The Morgan fingerprint density at radius 3 is 2.27 bits per heavy atom. The van der Waals surface area contributed by atoms with Gasteiger partial charge < -0.3 is 25.3 Å². The summed E-state index contributed by atoms with van der Waals surface area (Å²) in [5.74, 6) is 0.543. The topological polar surface area (TPSA) is 84.4 Å². The van der Waals surface area contributed by atoms with Gasteiger partial charge in [0.15, 0.2) is 0 Å². The van der Waals surface area contributed by atoms with Gasteiger partial charge in [0.2, 0.25) is 5.91 Å². The highest BCUT2D eigenvalue weighted by Gasteiger charge is 2.08. The molecule has 0 unspecified atom stereocenters. The Labute approximate surface area is 176 Å². The van der Waals surface area contributed by atoms with Crippen LogP contribution >= 0.6 is 0 Å². The number of hydrogen-bond donors (Lipinski definition) is 3. The molecule has 3 rings (SSSR count). The fourth-order valence-corrected chi connectivity index (χ4v) is 3.16. The number of rotatable bonds is 7. The molecule has 0 fully saturated rings. The molecule has 156 valence electrons. The number of nitrogens with zero attached hydrogens (tertiary/aromatic N) is 1. The van der Waals surface area contributed by atoms with Crippen LogP contribution in [0, 0.1) is 13.8 Å². The van der Waals surface area contributed by atoms with E-state index in [0.717, 1.165) is 17.1 Å². The SMILES string of the molecule is COc1ccc(NC(=O)NCCC(=O)Nc2cccc(-n3c(C)ccc3C)c2)cc1. The van der Waals surface area contributed by atoms with Gasteiger partial charge >= 0.3 is 6.03 Å². The number of ether oxygens (including phenoxy) is 1. The van der Waals surface area contributed by atoms with Crippen LogP contribution in [0.15, 0.2) is 60.7 Å². The fraction of sp³-hybridized carbons (Fsp3) is 0.217. The molecule has 30 heavy (non-hydrogen) atoms. The minimum absolute atomic E-state index is 0.168. The molecule has 0 bridgehead atoms. The lowest BCUT2D eigenvalue weighted by Gasteiger charge is -2.12. The number of aromatic nitrogens is 1. The zero-order chi connectivity index (χ0) is 21.5. The summed E-state index contributed by atoms with van der Waals surface area (Å²) in [7, 11) is 1.58. The molecular weight excluding hydrogens is 380 g/mol. The first-order chi connectivity index (χ1) is 14.5. The molecule has 0 saturated heterocycles. The van der Waals surface area contributed by atoms with Gasteiger partial charge in [0.05, 0.1) is 7.11 Å². The van der Waals surface area contributed by atoms with Gasteiger partial charge in [-0.15, -0.1) is 0 Å². The van der Waals surface area contributed by atoms with Gasteiger partial charge in [-0.1, -0.05) is 6.07 Å². The summed E-state index contributed by atoms with van der Waals surface area (Å²) in [5.41, 5.74) is 4.61. The quantitative estimate of drug-likeness (QED) is 0.548. The average molecular weight is 406 g/mol. The molecule has 7 nitrogen and oxygen atoms in total. The first-order valence-electron chi connectivity index (χ1n) is 9.70. The minimum Gasteiger partial charge on any atom is -0.497 e. The van der Waals surface area contributed by atoms with Crippen LogP contribution < -0.4 is 20.7 Å². The third-order valence-electron chi connectivity index (χ3n) is 4.64. The Hall–Kier alpha value is -3.74. The number of nitrogens with one attached hydrogen (secondary N) is 3. The van der Waals surface area contributed by atoms with E-state index in [1.807, 2.05) is 38.1 Å². The van der Waals surface area contributed by atoms with Gasteiger partial charge in [0, 0.05) is 41.4 Å². The second-order valence-electron chi connectivity index (χ2n) is 6.91. The standard InChI is InChI=1S/C23H26N4O3/c1-16-7-8-17(2)27(16)20-6-4-5-19(15-20)25-22(28)13-14-24-23(29)26-18-9-11-21(30-3)12-10-18/h4-12,15H,13-14H2,1-3H3,(H,25,28)(H2,24,26,29). The highest BCUT2D eigenvalue weighted by Crippen LogP contribution is 2.20. The molecule has 0 atom stereocenters. The monoisotopic (exact) mass is 406 g/mol. The molecule has 1 aromatic heterocycles. The molecule has 2 aromatic carbocycles. The van der Waals surface area contributed by atoms with E-state index >= 15 is 0 Å². The zero-order valence-electron chi connectivity index (χ0n) is 17.4. The van der Waals surface area contributed by atoms with Crippen LogP contribution in [0.4, 0.5) is 16.2 Å². The van der Waals surface area contributed by atoms with Crippen molar-refractivity contribution in [3.8, 4) is 11.4 Å². The van der Waals surface area contributed by atoms with Gasteiger partial charge in [-0.2, -0.15) is 0 Å². The first kappa shape index (κ1) is 21.0. The minimum atomic E-state index is -0.367. The van der Waals surface area contributed by atoms with E-state index in [2.05, 4.69) is 32.7 Å². The van der Waals surface area contributed by atoms with E-state index in [1.54, 1.807) is 31.4 Å². The molecule has 1 heterocycles. The van der Waals surface area contributed by atoms with Crippen molar-refractivity contribution in [1.82, 2.24) is 9.88 Å². The molecule has 0 aliphatic heterocycles. The summed E-state index contributed by atoms with van der Waals surface area (Å²) >= 11 is 0. The number of benzene rings is 2. The molecular formula is C23H26N4O3. The van der Waals surface area contributed by atoms with Crippen molar-refractivity contribution in [2.24, 2.45) is 0 Å². The van der Waals surface area contributed by atoms with Crippen LogP contribution in [0.2, 0.25) is 0 Å². The lowest BCUT2D eigenvalue weighted by Crippen LogP contribution is -2.31. The van der Waals surface area contributed by atoms with Gasteiger partial charge in [-0.3, -0.25) is 4.79 Å². The Balaban J connectivity index is 1.48. The molecule has 3 N–H and O–H groups in total. The molecule has 0 spiro atoms. The van der Waals surface area contributed by atoms with Crippen molar-refractivity contribution in [2.45, 2.75) is 20.3 Å². The van der Waals surface area contributed by atoms with E-state index in [9.17, 15) is 9.59 Å². The second kappa shape index (κ2) is 9.65. The van der Waals surface area contributed by atoms with E-state index in [-0.39, 0.29) is 24.9 Å². The molecule has 0 aliphatic rings. The van der Waals surface area contributed by atoms with Gasteiger partial charge in [-0.05, 0) is 68.4 Å². The highest BCUT2D eigenvalue weighted by molar-refractivity contribution is 5.92. The Morgan fingerprint density at radius 2 is 1.60 bits per heavy atom. The number of methoxy groups -OCH3 is 1. The smallest absolute Gasteiger partial charge is 0.319 e. The van der Waals surface area contributed by atoms with E-state index in [0.29, 0.717) is 17.1 Å². The Bertz CT molecular complexity index is 1010. The maximum Gasteiger partial charge on any atom is 0.319 e. The number of anilines is 2. The van der Waals surface area contributed by atoms with Crippen LogP contribution in [0.1, 0.15) is 17.8 Å². The fourth-order valence-electron chi connectivity index (χ4n) is 3.16. The summed E-state index contributed by atoms with van der Waals surface area (Å²) in [4.78, 5) is 24.2. The summed E-state index contributed by atoms with van der Waals surface area (Å²) in [5, 5.41) is 8.27. The van der Waals surface area contributed by atoms with Crippen molar-refractivity contribution in [1.29, 1.82) is 0 Å². The van der Waals surface area contributed by atoms with E-state index in [1.165, 1.54) is 0 Å². The normalized spacial score (nSPS) is 10.4. The summed E-state index contributed by atoms with van der Waals surface area (Å²) in [6.45, 7) is 4.31. The molecule has 0 aliphatic carbocycles. The summed E-state index contributed by atoms with van der Waals surface area (Å²) < 4.78 is 7.21. The highest BCUT2D eigenvalue weighted by atomic mass is 16.5. The van der Waals surface area contributed by atoms with E-state index in [4.69, 9.17) is 4.74 Å². The number of aryl methyl sites for hydroxylation is 2. The van der Waals surface area contributed by atoms with Crippen molar-refractivity contribution in [2.75, 3.05) is 24.3 Å². The number of urea groups is 1. The molecule has 3 amide bonds. The van der Waals surface area contributed by atoms with Crippen molar-refractivity contribution < 1.29 is 14.3 Å². The van der Waals surface area contributed by atoms with Crippen LogP contribution in [0.5, 0.6) is 5.75 Å². The largest absolute Gasteiger partial charge is 0.497 e. The number of hydrogen-bond acceptors (Lipinski definition) is 3. The van der Waals surface area contributed by atoms with Crippen molar-refractivity contribution >= 4 is 23.3 Å². The lowest BCUT2D eigenvalue weighted by molar-refractivity contribution is -0.116. The third-order valence-corrected chi connectivity index (χ3v) is 4.64. The second-order valence-corrected chi connectivity index (χ2v) is 6.91. The van der Waals surface area contributed by atoms with Crippen LogP contribution in [0.3, 0.4) is 0 Å². The molecule has 7 heteroatoms. The average Bonchev–Trinajstić information content (AvgIpc) is 3.07. The van der Waals surface area contributed by atoms with Crippen molar-refractivity contribution in [3.63, 3.8) is 0 Å². The van der Waals surface area contributed by atoms with E-state index < -0.39 is 0 Å². The molecule has 0 saturated carbocycles. The Morgan fingerprint density at radius 1 is 0.900 bits per heavy atom. The maximum atomic E-state index is 12.3. The third kappa shape index (κ3) is 5.41. The maximum absolute atomic E-state index is 12.3. The van der Waals surface area contributed by atoms with Crippen molar-refractivity contribution in [3.05, 3.63) is 72.1 Å². The lowest BCUT2D eigenvalue weighted by atomic mass is 10.2. The number of carbonyl (C=O) groups excluding carboxylic acids is 2. The summed E-state index contributed by atoms with van der Waals surface area (Å²) in [6, 6.07) is 18.4. The van der Waals surface area contributed by atoms with Crippen LogP contribution in [-0.2, 0) is 4.79 Å². The summed E-state index contributed by atoms with van der Waals surface area (Å²) in [6.07, 6.45) is 0.168. The molecule has 0 radical (unpaired) electrons. The van der Waals surface area contributed by atoms with Gasteiger partial charge in [0.25, 0.3) is 0 Å². The zero-order valence-corrected chi connectivity index (χ0v) is 17.4. The van der Waals surface area contributed by atoms with Gasteiger partial charge in [-0.25, -0.2) is 4.79 Å². The predicted octanol–water partition coefficient (Wildman–Crippen LogP) is 4.25. The van der Waals surface area contributed by atoms with Crippen LogP contribution in [0.25, 0.3) is 5.69 Å². The number of carbonyl (C=O) groups is 2. The molecule has 3 aromatic rings. The first-order valence-corrected chi connectivity index (χ1v) is 9.70. The Kier molecular flexibility index (Phi) is 6.75.